The number of nitrogens with zero attached hydrogens (tertiary/aromatic N) is 2. The molecule has 158 valence electrons. The largest absolute Gasteiger partial charge is 0.497 e. The predicted molar refractivity (Wildman–Crippen MR) is 123 cm³/mol. The molecule has 0 radical (unpaired) electrons. The third-order valence-electron chi connectivity index (χ3n) is 4.01. The Morgan fingerprint density at radius 1 is 1.14 bits per heavy atom. The first-order chi connectivity index (χ1) is 13.5. The van der Waals surface area contributed by atoms with Crippen molar-refractivity contribution in [1.29, 1.82) is 0 Å². The summed E-state index contributed by atoms with van der Waals surface area (Å²) in [6.07, 6.45) is 0. The van der Waals surface area contributed by atoms with Crippen molar-refractivity contribution in [2.24, 2.45) is 4.99 Å². The quantitative estimate of drug-likeness (QED) is 0.336. The summed E-state index contributed by atoms with van der Waals surface area (Å²) in [5, 5.41) is 5.70. The molecule has 0 atom stereocenters. The molecule has 0 unspecified atom stereocenters. The molecule has 2 rings (SSSR count). The van der Waals surface area contributed by atoms with E-state index in [4.69, 9.17) is 9.47 Å². The van der Waals surface area contributed by atoms with Crippen LogP contribution in [0.4, 0.5) is 10.1 Å². The molecule has 0 aromatic heterocycles. The number of carbonyl (C=O) groups is 1. The smallest absolute Gasteiger partial charge is 0.243 e. The molecule has 2 aromatic rings. The van der Waals surface area contributed by atoms with Gasteiger partial charge in [-0.3, -0.25) is 9.79 Å². The topological polar surface area (TPSA) is 75.2 Å². The summed E-state index contributed by atoms with van der Waals surface area (Å²) in [7, 11) is 6.70. The van der Waals surface area contributed by atoms with Crippen LogP contribution in [0.1, 0.15) is 5.56 Å². The third kappa shape index (κ3) is 7.41. The lowest BCUT2D eigenvalue weighted by Crippen LogP contribution is -2.42. The molecule has 0 fully saturated rings. The van der Waals surface area contributed by atoms with E-state index in [1.54, 1.807) is 21.3 Å². The van der Waals surface area contributed by atoms with Gasteiger partial charge in [-0.1, -0.05) is 0 Å². The van der Waals surface area contributed by atoms with E-state index in [0.29, 0.717) is 29.7 Å². The molecular formula is C20H26FIN4O3. The molecule has 0 aliphatic rings. The van der Waals surface area contributed by atoms with E-state index in [-0.39, 0.29) is 42.2 Å². The second-order valence-electron chi connectivity index (χ2n) is 5.99. The van der Waals surface area contributed by atoms with Gasteiger partial charge in [0.25, 0.3) is 0 Å². The van der Waals surface area contributed by atoms with Crippen LogP contribution in [0.3, 0.4) is 0 Å². The van der Waals surface area contributed by atoms with E-state index in [1.165, 1.54) is 24.3 Å². The van der Waals surface area contributed by atoms with Crippen molar-refractivity contribution < 1.29 is 18.7 Å². The molecule has 9 heteroatoms. The van der Waals surface area contributed by atoms with Gasteiger partial charge in [0.05, 0.1) is 20.8 Å². The van der Waals surface area contributed by atoms with Crippen molar-refractivity contribution in [3.8, 4) is 11.5 Å². The first-order valence-electron chi connectivity index (χ1n) is 8.65. The third-order valence-corrected chi connectivity index (χ3v) is 4.01. The molecule has 1 amide bonds. The molecule has 7 nitrogen and oxygen atoms in total. The number of rotatable bonds is 7. The zero-order valence-electron chi connectivity index (χ0n) is 16.9. The van der Waals surface area contributed by atoms with Crippen molar-refractivity contribution in [3.63, 3.8) is 0 Å². The predicted octanol–water partition coefficient (Wildman–Crippen LogP) is 3.11. The highest BCUT2D eigenvalue weighted by molar-refractivity contribution is 14.0. The van der Waals surface area contributed by atoms with E-state index in [0.717, 1.165) is 5.56 Å². The van der Waals surface area contributed by atoms with E-state index in [1.807, 2.05) is 30.1 Å². The summed E-state index contributed by atoms with van der Waals surface area (Å²) in [6.45, 7) is 0.542. The number of benzene rings is 2. The number of ether oxygens (including phenoxy) is 2. The number of aliphatic imine (C=N–C) groups is 1. The fourth-order valence-electron chi connectivity index (χ4n) is 2.60. The SMILES string of the molecule is CN=C(NCC(=O)Nc1ccc(F)cc1)N(C)Cc1ccc(OC)cc1OC.I. The summed E-state index contributed by atoms with van der Waals surface area (Å²) in [5.41, 5.74) is 1.48. The van der Waals surface area contributed by atoms with Gasteiger partial charge in [0.1, 0.15) is 17.3 Å². The molecule has 2 N–H and O–H groups in total. The van der Waals surface area contributed by atoms with Gasteiger partial charge >= 0.3 is 0 Å². The molecule has 0 aliphatic heterocycles. The van der Waals surface area contributed by atoms with Gasteiger partial charge < -0.3 is 25.0 Å². The molecule has 0 spiro atoms. The van der Waals surface area contributed by atoms with Crippen LogP contribution in [0.15, 0.2) is 47.5 Å². The number of guanidine groups is 1. The number of hydrogen-bond donors (Lipinski definition) is 2. The zero-order valence-corrected chi connectivity index (χ0v) is 19.2. The minimum Gasteiger partial charge on any atom is -0.497 e. The van der Waals surface area contributed by atoms with Crippen LogP contribution in [0.5, 0.6) is 11.5 Å². The average molecular weight is 516 g/mol. The lowest BCUT2D eigenvalue weighted by atomic mass is 10.2. The fraction of sp³-hybridized carbons (Fsp3) is 0.300. The highest BCUT2D eigenvalue weighted by atomic mass is 127. The molecular weight excluding hydrogens is 490 g/mol. The standard InChI is InChI=1S/C20H25FN4O3.HI/c1-22-20(23-12-19(26)24-16-8-6-15(21)7-9-16)25(2)13-14-5-10-17(27-3)11-18(14)28-4;/h5-11H,12-13H2,1-4H3,(H,22,23)(H,24,26);1H. The Labute approximate surface area is 187 Å². The van der Waals surface area contributed by atoms with Gasteiger partial charge in [-0.05, 0) is 36.4 Å². The molecule has 0 bridgehead atoms. The van der Waals surface area contributed by atoms with E-state index in [9.17, 15) is 9.18 Å². The minimum absolute atomic E-state index is 0. The Kier molecular flexibility index (Phi) is 10.2. The van der Waals surface area contributed by atoms with Gasteiger partial charge in [-0.2, -0.15) is 0 Å². The summed E-state index contributed by atoms with van der Waals surface area (Å²) in [5.74, 6) is 1.35. The first-order valence-corrected chi connectivity index (χ1v) is 8.65. The number of halogens is 2. The zero-order chi connectivity index (χ0) is 20.5. The Hall–Kier alpha value is -2.56. The summed E-state index contributed by atoms with van der Waals surface area (Å²) >= 11 is 0. The van der Waals surface area contributed by atoms with Crippen LogP contribution in [0.2, 0.25) is 0 Å². The maximum absolute atomic E-state index is 12.9. The monoisotopic (exact) mass is 516 g/mol. The molecule has 0 aliphatic carbocycles. The molecule has 2 aromatic carbocycles. The van der Waals surface area contributed by atoms with Crippen molar-refractivity contribution in [2.75, 3.05) is 40.2 Å². The van der Waals surface area contributed by atoms with Crippen molar-refractivity contribution in [3.05, 3.63) is 53.8 Å². The average Bonchev–Trinajstić information content (AvgIpc) is 2.70. The Morgan fingerprint density at radius 2 is 1.83 bits per heavy atom. The van der Waals surface area contributed by atoms with E-state index in [2.05, 4.69) is 15.6 Å². The van der Waals surface area contributed by atoms with Crippen molar-refractivity contribution >= 4 is 41.5 Å². The first kappa shape index (κ1) is 24.5. The molecule has 29 heavy (non-hydrogen) atoms. The molecule has 0 saturated heterocycles. The number of methoxy groups -OCH3 is 2. The normalized spacial score (nSPS) is 10.6. The molecule has 0 heterocycles. The maximum atomic E-state index is 12.9. The van der Waals surface area contributed by atoms with Crippen LogP contribution in [-0.4, -0.2) is 51.6 Å². The number of hydrogen-bond acceptors (Lipinski definition) is 4. The lowest BCUT2D eigenvalue weighted by molar-refractivity contribution is -0.115. The molecule has 0 saturated carbocycles. The van der Waals surface area contributed by atoms with Crippen LogP contribution >= 0.6 is 24.0 Å². The van der Waals surface area contributed by atoms with Gasteiger partial charge in [0.2, 0.25) is 5.91 Å². The highest BCUT2D eigenvalue weighted by Crippen LogP contribution is 2.25. The fourth-order valence-corrected chi connectivity index (χ4v) is 2.60. The van der Waals surface area contributed by atoms with Crippen molar-refractivity contribution in [2.45, 2.75) is 6.54 Å². The Morgan fingerprint density at radius 3 is 2.41 bits per heavy atom. The second kappa shape index (κ2) is 12.1. The number of anilines is 1. The van der Waals surface area contributed by atoms with Crippen LogP contribution in [-0.2, 0) is 11.3 Å². The van der Waals surface area contributed by atoms with Gasteiger partial charge in [-0.25, -0.2) is 4.39 Å². The summed E-state index contributed by atoms with van der Waals surface area (Å²) in [4.78, 5) is 18.2. The summed E-state index contributed by atoms with van der Waals surface area (Å²) < 4.78 is 23.6. The van der Waals surface area contributed by atoms with Gasteiger partial charge in [-0.15, -0.1) is 24.0 Å². The number of carbonyl (C=O) groups excluding carboxylic acids is 1. The van der Waals surface area contributed by atoms with E-state index < -0.39 is 0 Å². The van der Waals surface area contributed by atoms with Gasteiger partial charge in [0.15, 0.2) is 5.96 Å². The van der Waals surface area contributed by atoms with Crippen LogP contribution < -0.4 is 20.1 Å². The second-order valence-corrected chi connectivity index (χ2v) is 5.99. The van der Waals surface area contributed by atoms with Gasteiger partial charge in [0, 0.05) is 38.0 Å². The summed E-state index contributed by atoms with van der Waals surface area (Å²) in [6, 6.07) is 11.2. The lowest BCUT2D eigenvalue weighted by Gasteiger charge is -2.23. The van der Waals surface area contributed by atoms with Crippen LogP contribution in [0, 0.1) is 5.82 Å². The number of amides is 1. The maximum Gasteiger partial charge on any atom is 0.243 e. The van der Waals surface area contributed by atoms with E-state index >= 15 is 0 Å². The highest BCUT2D eigenvalue weighted by Gasteiger charge is 2.12. The minimum atomic E-state index is -0.355. The Balaban J connectivity index is 0.00000420. The van der Waals surface area contributed by atoms with Crippen molar-refractivity contribution in [1.82, 2.24) is 10.2 Å². The Bertz CT molecular complexity index is 831. The number of nitrogens with one attached hydrogen (secondary N) is 2. The van der Waals surface area contributed by atoms with Crippen LogP contribution in [0.25, 0.3) is 0 Å².